The number of aldehydes is 1. The van der Waals surface area contributed by atoms with Gasteiger partial charge in [0.2, 0.25) is 6.29 Å². The fourth-order valence-corrected chi connectivity index (χ4v) is 19.8. The Morgan fingerprint density at radius 2 is 1.15 bits per heavy atom. The van der Waals surface area contributed by atoms with Crippen molar-refractivity contribution in [3.8, 4) is 0 Å². The van der Waals surface area contributed by atoms with E-state index in [0.717, 1.165) is 25.7 Å². The molecule has 0 bridgehead atoms. The highest BCUT2D eigenvalue weighted by Gasteiger charge is 2.73. The number of unbranched alkanes of at least 4 members (excludes halogenated alkanes) is 1. The normalized spacial score (nSPS) is 50.7. The number of aliphatic hydroxyl groups is 14. The number of allylic oxidation sites excluding steroid dienone is 2. The third-order valence-corrected chi connectivity index (χ3v) is 26.1. The van der Waals surface area contributed by atoms with E-state index < -0.39 is 272 Å². The lowest BCUT2D eigenvalue weighted by molar-refractivity contribution is -0.382. The summed E-state index contributed by atoms with van der Waals surface area (Å²) in [7, 11) is 0. The molecule has 0 amide bonds. The number of hydrogen-bond acceptors (Lipinski definition) is 34. The summed E-state index contributed by atoms with van der Waals surface area (Å²) in [6.45, 7) is 17.4. The summed E-state index contributed by atoms with van der Waals surface area (Å²) >= 11 is 0. The third kappa shape index (κ3) is 14.9. The van der Waals surface area contributed by atoms with Crippen LogP contribution >= 0.6 is 0 Å². The summed E-state index contributed by atoms with van der Waals surface area (Å²) in [5, 5.41) is 157. The number of hydrogen-bond donors (Lipinski definition) is 14. The Bertz CT molecular complexity index is 3120. The predicted molar refractivity (Wildman–Crippen MR) is 353 cm³/mol. The van der Waals surface area contributed by atoms with Gasteiger partial charge in [0.1, 0.15) is 122 Å². The maximum absolute atomic E-state index is 16.2. The molecule has 10 fully saturated rings. The molecule has 34 nitrogen and oxygen atoms in total. The summed E-state index contributed by atoms with van der Waals surface area (Å²) in [4.78, 5) is 69.1. The van der Waals surface area contributed by atoms with E-state index in [1.165, 1.54) is 13.8 Å². The van der Waals surface area contributed by atoms with Crippen LogP contribution in [0.15, 0.2) is 11.6 Å². The van der Waals surface area contributed by atoms with Crippen molar-refractivity contribution in [3.63, 3.8) is 0 Å². The van der Waals surface area contributed by atoms with Gasteiger partial charge < -0.3 is 147 Å². The second-order valence-corrected chi connectivity index (χ2v) is 33.1. The Morgan fingerprint density at radius 1 is 0.557 bits per heavy atom. The smallest absolute Gasteiger partial charge is 0.338 e. The maximum Gasteiger partial charge on any atom is 0.338 e. The van der Waals surface area contributed by atoms with Gasteiger partial charge in [-0.25, -0.2) is 4.79 Å². The number of ether oxygens (including phenoxy) is 15. The van der Waals surface area contributed by atoms with Crippen LogP contribution in [0.4, 0.5) is 0 Å². The Balaban J connectivity index is 0.894. The van der Waals surface area contributed by atoms with Crippen LogP contribution in [0.1, 0.15) is 147 Å². The number of carbonyl (C=O) groups excluding carboxylic acids is 5. The van der Waals surface area contributed by atoms with E-state index >= 15 is 4.79 Å². The van der Waals surface area contributed by atoms with E-state index in [1.54, 1.807) is 6.92 Å². The van der Waals surface area contributed by atoms with Crippen molar-refractivity contribution in [1.29, 1.82) is 0 Å². The lowest BCUT2D eigenvalue weighted by Gasteiger charge is -2.71. The van der Waals surface area contributed by atoms with Crippen LogP contribution in [0, 0.1) is 50.2 Å². The average molecular weight is 1520 g/mol. The molecule has 106 heavy (non-hydrogen) atoms. The van der Waals surface area contributed by atoms with Gasteiger partial charge in [-0.15, -0.1) is 0 Å². The van der Waals surface area contributed by atoms with Crippen molar-refractivity contribution in [2.24, 2.45) is 50.2 Å². The van der Waals surface area contributed by atoms with E-state index in [2.05, 4.69) is 40.7 Å². The van der Waals surface area contributed by atoms with Crippen molar-refractivity contribution in [2.45, 2.75) is 331 Å². The third-order valence-electron chi connectivity index (χ3n) is 26.1. The molecule has 34 heteroatoms. The summed E-state index contributed by atoms with van der Waals surface area (Å²) in [6, 6.07) is 0. The lowest BCUT2D eigenvalue weighted by Crippen LogP contribution is -2.69. The number of aliphatic hydroxyl groups excluding tert-OH is 14. The highest BCUT2D eigenvalue weighted by Crippen LogP contribution is 2.76. The Kier molecular flexibility index (Phi) is 25.2. The summed E-state index contributed by atoms with van der Waals surface area (Å²) < 4.78 is 90.7. The minimum absolute atomic E-state index is 0.0276. The molecule has 4 saturated carbocycles. The van der Waals surface area contributed by atoms with Crippen molar-refractivity contribution in [3.05, 3.63) is 11.6 Å². The van der Waals surface area contributed by atoms with Crippen LogP contribution in [0.25, 0.3) is 0 Å². The van der Waals surface area contributed by atoms with Gasteiger partial charge in [0.05, 0.1) is 49.7 Å². The van der Waals surface area contributed by atoms with Gasteiger partial charge in [-0.3, -0.25) is 14.4 Å². The van der Waals surface area contributed by atoms with E-state index in [0.29, 0.717) is 51.4 Å². The summed E-state index contributed by atoms with van der Waals surface area (Å²) in [5.41, 5.74) is -4.77. The van der Waals surface area contributed by atoms with Gasteiger partial charge in [0, 0.05) is 13.8 Å². The van der Waals surface area contributed by atoms with E-state index in [4.69, 9.17) is 71.1 Å². The molecule has 604 valence electrons. The molecule has 0 aromatic carbocycles. The van der Waals surface area contributed by atoms with Crippen molar-refractivity contribution >= 4 is 30.2 Å². The zero-order valence-corrected chi connectivity index (χ0v) is 61.7. The van der Waals surface area contributed by atoms with Crippen LogP contribution in [-0.4, -0.2) is 312 Å². The molecule has 11 aliphatic rings. The first-order chi connectivity index (χ1) is 49.8. The van der Waals surface area contributed by atoms with E-state index in [1.807, 2.05) is 6.92 Å². The molecule has 6 saturated heterocycles. The van der Waals surface area contributed by atoms with Crippen LogP contribution in [0.2, 0.25) is 0 Å². The Hall–Kier alpha value is -3.71. The molecule has 6 aliphatic heterocycles. The first kappa shape index (κ1) is 83.2. The predicted octanol–water partition coefficient (Wildman–Crippen LogP) is -2.41. The van der Waals surface area contributed by atoms with E-state index in [9.17, 15) is 90.7 Å². The average Bonchev–Trinajstić information content (AvgIpc) is 0.891. The zero-order chi connectivity index (χ0) is 77.6. The van der Waals surface area contributed by atoms with Crippen LogP contribution < -0.4 is 0 Å². The van der Waals surface area contributed by atoms with Crippen molar-refractivity contribution in [2.75, 3.05) is 26.4 Å². The fourth-order valence-electron chi connectivity index (χ4n) is 19.8. The number of fused-ring (bicyclic) bond motifs is 7. The van der Waals surface area contributed by atoms with Gasteiger partial charge in [-0.1, -0.05) is 66.5 Å². The fraction of sp³-hybridized carbons (Fsp3) is 0.903. The van der Waals surface area contributed by atoms with Gasteiger partial charge in [0.15, 0.2) is 49.8 Å². The minimum Gasteiger partial charge on any atom is -0.464 e. The number of carbonyl (C=O) groups is 5. The van der Waals surface area contributed by atoms with Gasteiger partial charge in [-0.2, -0.15) is 0 Å². The van der Waals surface area contributed by atoms with Crippen molar-refractivity contribution < 1.29 is 167 Å². The molecule has 0 spiro atoms. The zero-order valence-electron chi connectivity index (χ0n) is 61.7. The molecule has 14 N–H and O–H groups in total. The lowest BCUT2D eigenvalue weighted by atomic mass is 9.33. The second-order valence-electron chi connectivity index (χ2n) is 33.1. The molecule has 38 atom stereocenters. The Labute approximate surface area is 614 Å². The summed E-state index contributed by atoms with van der Waals surface area (Å²) in [6.07, 6.45) is -44.5. The van der Waals surface area contributed by atoms with Crippen LogP contribution in [0.3, 0.4) is 0 Å². The first-order valence-corrected chi connectivity index (χ1v) is 37.2. The monoisotopic (exact) mass is 1520 g/mol. The molecular formula is C72H112O34. The summed E-state index contributed by atoms with van der Waals surface area (Å²) in [5.74, 6) is -4.93. The standard InChI is InChI=1S/C72H112O34/c1-12-13-22-92-59(90)55-46(83)47(84)56(103-63-51(88)45(82)43(80)36(25-73)98-63)64(102-55)100-41-17-18-68(8)38(69(41,9)28-74)16-19-70(10)39(68)15-14-33-34-23-67(6,7)20-21-72(34,40(78)24-71(33,70)11)66(91)106-65-58(105-61-52(89)48(85)53(29(2)95-61)101-60-49(86)42(79)35(77)26-94-60)57(54(30(3)96-65)97-32(5)76)104-62-50(87)44(81)37(99-62)27-93-31(4)75/h14,28-30,34-58,60-65,73,77-89H,12-13,15-27H2,1-11H3/t29-,30-,34+,35+,36+,37+,38-,39+,40-,41+,42-,43-,44-,45-,46-,47+,48-,49+,50-,51-,52-,53-,54+,55-,56+,57+,58-,60+,61-,62-,63-,64+,65+,68-,69-,70+,71-,72-/m0/s1. The van der Waals surface area contributed by atoms with Crippen LogP contribution in [0.5, 0.6) is 0 Å². The highest BCUT2D eigenvalue weighted by atomic mass is 16.8. The number of esters is 4. The molecule has 0 radical (unpaired) electrons. The Morgan fingerprint density at radius 3 is 1.81 bits per heavy atom. The molecular weight excluding hydrogens is 1410 g/mol. The van der Waals surface area contributed by atoms with Crippen LogP contribution in [-0.2, 0) is 95.0 Å². The maximum atomic E-state index is 16.2. The quantitative estimate of drug-likeness (QED) is 0.0142. The van der Waals surface area contributed by atoms with Crippen molar-refractivity contribution in [1.82, 2.24) is 0 Å². The first-order valence-electron chi connectivity index (χ1n) is 37.2. The minimum atomic E-state index is -2.09. The number of rotatable bonds is 21. The van der Waals surface area contributed by atoms with Gasteiger partial charge >= 0.3 is 23.9 Å². The SMILES string of the molecule is CCCCOC(=O)[C@H]1O[C@@H](O[C@@H]2CC[C@@]3(C)[C@H](CC[C@]4(C)[C@@H]3CC=C3[C@H]5CC(C)(C)CC[C@@]5(C(=O)O[C@H]5O[C@@H](C)[C@@H](OC(C)=O)[C@@H](O[C@@H]6O[C@H](COC(C)=O)[C@H](O)[C@@H]6O)[C@@H]5O[C@@H]5O[C@@H](C)[C@H](O[C@H]6OC[C@@H](O)[C@H](O)[C@H]6O)[C@@H](O)[C@@H]5O)[C@@H](O)C[C@@]34C)[C@]2(C)C=O)[C@H](O[C@@H]2O[C@H](CO)[C@H](O)[C@H](O)[C@@H]2O)[C@H](O)[C@@H]1O. The van der Waals surface area contributed by atoms with Gasteiger partial charge in [-0.05, 0) is 117 Å². The van der Waals surface area contributed by atoms with Gasteiger partial charge in [0.25, 0.3) is 0 Å². The molecule has 5 aliphatic carbocycles. The molecule has 0 aromatic rings. The highest BCUT2D eigenvalue weighted by molar-refractivity contribution is 5.80. The topological polar surface area (TPSA) is 507 Å². The molecule has 11 rings (SSSR count). The molecule has 0 unspecified atom stereocenters. The van der Waals surface area contributed by atoms with E-state index in [-0.39, 0.29) is 31.8 Å². The molecule has 0 aromatic heterocycles. The molecule has 6 heterocycles. The largest absolute Gasteiger partial charge is 0.464 e. The second kappa shape index (κ2) is 32.0.